The second kappa shape index (κ2) is 7.35. The van der Waals surface area contributed by atoms with Crippen molar-refractivity contribution in [1.82, 2.24) is 4.90 Å². The van der Waals surface area contributed by atoms with Crippen LogP contribution >= 0.6 is 11.3 Å². The number of nitrogens with zero attached hydrogens (tertiary/aromatic N) is 1. The van der Waals surface area contributed by atoms with Gasteiger partial charge in [0.15, 0.2) is 11.5 Å². The van der Waals surface area contributed by atoms with E-state index in [1.807, 2.05) is 23.1 Å². The molecule has 1 aromatic carbocycles. The molecule has 0 saturated carbocycles. The van der Waals surface area contributed by atoms with Gasteiger partial charge in [-0.25, -0.2) is 4.79 Å². The Balaban J connectivity index is 1.52. The van der Waals surface area contributed by atoms with E-state index >= 15 is 0 Å². The first-order valence-electron chi connectivity index (χ1n) is 8.82. The highest BCUT2D eigenvalue weighted by Crippen LogP contribution is 2.35. The van der Waals surface area contributed by atoms with Crippen LogP contribution in [0.3, 0.4) is 0 Å². The van der Waals surface area contributed by atoms with Crippen molar-refractivity contribution in [3.05, 3.63) is 40.6 Å². The third-order valence-electron chi connectivity index (χ3n) is 4.68. The quantitative estimate of drug-likeness (QED) is 0.849. The third kappa shape index (κ3) is 3.58. The molecule has 2 aromatic rings. The Bertz CT molecular complexity index is 732. The summed E-state index contributed by atoms with van der Waals surface area (Å²) in [5, 5.41) is 5.12. The minimum Gasteiger partial charge on any atom is -0.486 e. The van der Waals surface area contributed by atoms with E-state index in [2.05, 4.69) is 22.8 Å². The molecule has 5 nitrogen and oxygen atoms in total. The monoisotopic (exact) mass is 358 g/mol. The van der Waals surface area contributed by atoms with Gasteiger partial charge in [-0.1, -0.05) is 18.9 Å². The van der Waals surface area contributed by atoms with E-state index in [9.17, 15) is 4.79 Å². The fraction of sp³-hybridized carbons (Fsp3) is 0.421. The molecule has 3 heterocycles. The molecule has 4 rings (SSSR count). The van der Waals surface area contributed by atoms with Crippen LogP contribution in [-0.4, -0.2) is 30.7 Å². The van der Waals surface area contributed by atoms with Gasteiger partial charge in [-0.15, -0.1) is 11.3 Å². The predicted molar refractivity (Wildman–Crippen MR) is 98.7 cm³/mol. The Morgan fingerprint density at radius 1 is 1.12 bits per heavy atom. The molecule has 1 N–H and O–H groups in total. The summed E-state index contributed by atoms with van der Waals surface area (Å²) in [5.41, 5.74) is 0.739. The van der Waals surface area contributed by atoms with Crippen LogP contribution in [0.15, 0.2) is 35.7 Å². The Labute approximate surface area is 151 Å². The average molecular weight is 358 g/mol. The first-order valence-corrected chi connectivity index (χ1v) is 9.70. The summed E-state index contributed by atoms with van der Waals surface area (Å²) in [4.78, 5) is 16.2. The number of carbonyl (C=O) groups excluding carboxylic acids is 1. The molecule has 2 aliphatic rings. The number of amides is 2. The number of anilines is 1. The average Bonchev–Trinajstić information content (AvgIpc) is 3.06. The molecule has 2 amide bonds. The van der Waals surface area contributed by atoms with Crippen LogP contribution in [0.25, 0.3) is 0 Å². The molecule has 2 aliphatic heterocycles. The maximum absolute atomic E-state index is 12.9. The van der Waals surface area contributed by atoms with Crippen molar-refractivity contribution in [2.24, 2.45) is 0 Å². The number of thiophene rings is 1. The van der Waals surface area contributed by atoms with Crippen LogP contribution in [0.4, 0.5) is 10.5 Å². The van der Waals surface area contributed by atoms with Crippen LogP contribution in [0.1, 0.15) is 36.6 Å². The largest absolute Gasteiger partial charge is 0.486 e. The number of carbonyl (C=O) groups is 1. The number of rotatable bonds is 2. The summed E-state index contributed by atoms with van der Waals surface area (Å²) in [6.45, 7) is 1.89. The summed E-state index contributed by atoms with van der Waals surface area (Å²) in [6, 6.07) is 9.86. The molecule has 0 aliphatic carbocycles. The fourth-order valence-corrected chi connectivity index (χ4v) is 4.32. The summed E-state index contributed by atoms with van der Waals surface area (Å²) in [6.07, 6.45) is 4.41. The number of hydrogen-bond donors (Lipinski definition) is 1. The molecule has 132 valence electrons. The highest BCUT2D eigenvalue weighted by atomic mass is 32.1. The normalized spacial score (nSPS) is 20.0. The molecule has 1 atom stereocenters. The van der Waals surface area contributed by atoms with Crippen molar-refractivity contribution < 1.29 is 14.3 Å². The van der Waals surface area contributed by atoms with Gasteiger partial charge in [0.25, 0.3) is 0 Å². The lowest BCUT2D eigenvalue weighted by molar-refractivity contribution is 0.171. The Morgan fingerprint density at radius 3 is 2.84 bits per heavy atom. The third-order valence-corrected chi connectivity index (χ3v) is 5.65. The lowest BCUT2D eigenvalue weighted by Gasteiger charge is -2.29. The summed E-state index contributed by atoms with van der Waals surface area (Å²) >= 11 is 1.73. The Morgan fingerprint density at radius 2 is 2.00 bits per heavy atom. The van der Waals surface area contributed by atoms with Gasteiger partial charge in [0.2, 0.25) is 0 Å². The molecule has 0 unspecified atom stereocenters. The van der Waals surface area contributed by atoms with Crippen molar-refractivity contribution in [2.45, 2.75) is 31.7 Å². The van der Waals surface area contributed by atoms with E-state index in [1.165, 1.54) is 11.3 Å². The maximum atomic E-state index is 12.9. The van der Waals surface area contributed by atoms with E-state index < -0.39 is 0 Å². The highest BCUT2D eigenvalue weighted by Gasteiger charge is 2.27. The lowest BCUT2D eigenvalue weighted by Crippen LogP contribution is -2.37. The molecular formula is C19H22N2O3S. The van der Waals surface area contributed by atoms with Gasteiger partial charge in [0, 0.05) is 23.2 Å². The van der Waals surface area contributed by atoms with Gasteiger partial charge in [-0.05, 0) is 36.4 Å². The van der Waals surface area contributed by atoms with Gasteiger partial charge in [-0.2, -0.15) is 0 Å². The SMILES string of the molecule is O=C(Nc1ccc2c(c1)OCCO2)N1CCCCC[C@@H]1c1cccs1. The second-order valence-electron chi connectivity index (χ2n) is 6.36. The van der Waals surface area contributed by atoms with E-state index in [0.717, 1.165) is 37.2 Å². The van der Waals surface area contributed by atoms with E-state index in [1.54, 1.807) is 11.3 Å². The van der Waals surface area contributed by atoms with Crippen LogP contribution in [0, 0.1) is 0 Å². The zero-order chi connectivity index (χ0) is 17.1. The molecular weight excluding hydrogens is 336 g/mol. The summed E-state index contributed by atoms with van der Waals surface area (Å²) in [7, 11) is 0. The van der Waals surface area contributed by atoms with Crippen molar-refractivity contribution >= 4 is 23.1 Å². The first kappa shape index (κ1) is 16.3. The zero-order valence-electron chi connectivity index (χ0n) is 14.1. The highest BCUT2D eigenvalue weighted by molar-refractivity contribution is 7.10. The molecule has 1 fully saturated rings. The zero-order valence-corrected chi connectivity index (χ0v) is 14.9. The van der Waals surface area contributed by atoms with Gasteiger partial charge in [-0.3, -0.25) is 0 Å². The topological polar surface area (TPSA) is 50.8 Å². The first-order chi connectivity index (χ1) is 12.3. The number of fused-ring (bicyclic) bond motifs is 1. The van der Waals surface area contributed by atoms with Crippen LogP contribution in [-0.2, 0) is 0 Å². The second-order valence-corrected chi connectivity index (χ2v) is 7.34. The lowest BCUT2D eigenvalue weighted by atomic mass is 10.1. The van der Waals surface area contributed by atoms with Gasteiger partial charge >= 0.3 is 6.03 Å². The number of likely N-dealkylation sites (tertiary alicyclic amines) is 1. The van der Waals surface area contributed by atoms with E-state index in [0.29, 0.717) is 19.0 Å². The van der Waals surface area contributed by atoms with Crippen molar-refractivity contribution in [3.8, 4) is 11.5 Å². The Hall–Kier alpha value is -2.21. The van der Waals surface area contributed by atoms with Crippen molar-refractivity contribution in [1.29, 1.82) is 0 Å². The molecule has 0 radical (unpaired) electrons. The molecule has 0 bridgehead atoms. The minimum atomic E-state index is -0.0445. The predicted octanol–water partition coefficient (Wildman–Crippen LogP) is 4.67. The van der Waals surface area contributed by atoms with Crippen LogP contribution in [0.2, 0.25) is 0 Å². The van der Waals surface area contributed by atoms with Gasteiger partial charge in [0.1, 0.15) is 13.2 Å². The van der Waals surface area contributed by atoms with E-state index in [-0.39, 0.29) is 12.1 Å². The molecule has 1 saturated heterocycles. The summed E-state index contributed by atoms with van der Waals surface area (Å²) < 4.78 is 11.1. The molecule has 0 spiro atoms. The minimum absolute atomic E-state index is 0.0445. The number of benzene rings is 1. The summed E-state index contributed by atoms with van der Waals surface area (Å²) in [5.74, 6) is 1.42. The van der Waals surface area contributed by atoms with Gasteiger partial charge in [0.05, 0.1) is 6.04 Å². The molecule has 1 aromatic heterocycles. The molecule has 6 heteroatoms. The van der Waals surface area contributed by atoms with Crippen molar-refractivity contribution in [3.63, 3.8) is 0 Å². The standard InChI is InChI=1S/C19H22N2O3S/c22-19(20-14-7-8-16-17(13-14)24-11-10-23-16)21-9-3-1-2-5-15(21)18-6-4-12-25-18/h4,6-8,12-13,15H,1-3,5,9-11H2,(H,20,22)/t15-/m1/s1. The smallest absolute Gasteiger partial charge is 0.322 e. The number of nitrogens with one attached hydrogen (secondary N) is 1. The fourth-order valence-electron chi connectivity index (χ4n) is 3.44. The Kier molecular flexibility index (Phi) is 4.78. The van der Waals surface area contributed by atoms with Crippen LogP contribution in [0.5, 0.6) is 11.5 Å². The number of hydrogen-bond acceptors (Lipinski definition) is 4. The molecule has 25 heavy (non-hydrogen) atoms. The maximum Gasteiger partial charge on any atom is 0.322 e. The number of ether oxygens (including phenoxy) is 2. The van der Waals surface area contributed by atoms with E-state index in [4.69, 9.17) is 9.47 Å². The van der Waals surface area contributed by atoms with Crippen molar-refractivity contribution in [2.75, 3.05) is 25.1 Å². The van der Waals surface area contributed by atoms with Crippen LogP contribution < -0.4 is 14.8 Å². The van der Waals surface area contributed by atoms with Gasteiger partial charge < -0.3 is 19.7 Å². The number of urea groups is 1.